The highest BCUT2D eigenvalue weighted by Crippen LogP contribution is 2.52. The number of carboxylic acid groups (broad SMARTS) is 2. The smallest absolute Gasteiger partial charge is 0.480 e. The maximum Gasteiger partial charge on any atom is 0.490 e. The molecule has 2 aliphatic rings. The largest absolute Gasteiger partial charge is 0.490 e. The van der Waals surface area contributed by atoms with Gasteiger partial charge in [0, 0.05) is 35.8 Å². The van der Waals surface area contributed by atoms with Gasteiger partial charge in [-0.1, -0.05) is 41.4 Å². The first kappa shape index (κ1) is 31.5. The Morgan fingerprint density at radius 3 is 2.27 bits per heavy atom. The van der Waals surface area contributed by atoms with Crippen LogP contribution in [0.3, 0.4) is 0 Å². The van der Waals surface area contributed by atoms with Crippen molar-refractivity contribution in [2.24, 2.45) is 5.92 Å². The quantitative estimate of drug-likeness (QED) is 0.373. The summed E-state index contributed by atoms with van der Waals surface area (Å²) in [6.07, 6.45) is -3.21. The van der Waals surface area contributed by atoms with E-state index >= 15 is 8.78 Å². The van der Waals surface area contributed by atoms with Crippen molar-refractivity contribution in [1.82, 2.24) is 5.32 Å². The number of benzene rings is 2. The van der Waals surface area contributed by atoms with Crippen LogP contribution in [0, 0.1) is 28.9 Å². The lowest BCUT2D eigenvalue weighted by molar-refractivity contribution is -0.192. The molecule has 0 bridgehead atoms. The number of ether oxygens (including phenoxy) is 1. The molecule has 4 unspecified atom stereocenters. The van der Waals surface area contributed by atoms with Crippen LogP contribution in [0.25, 0.3) is 0 Å². The highest BCUT2D eigenvalue weighted by molar-refractivity contribution is 6.31. The fourth-order valence-electron chi connectivity index (χ4n) is 5.28. The maximum absolute atomic E-state index is 15.3. The summed E-state index contributed by atoms with van der Waals surface area (Å²) in [5, 5.41) is 30.7. The second-order valence-electron chi connectivity index (χ2n) is 9.36. The molecule has 2 fully saturated rings. The summed E-state index contributed by atoms with van der Waals surface area (Å²) >= 11 is 12.0. The highest BCUT2D eigenvalue weighted by Gasteiger charge is 2.61. The van der Waals surface area contributed by atoms with Crippen LogP contribution in [-0.2, 0) is 19.7 Å². The number of hydrogen-bond acceptors (Lipinski definition) is 5. The summed E-state index contributed by atoms with van der Waals surface area (Å²) in [4.78, 5) is 21.2. The van der Waals surface area contributed by atoms with Crippen molar-refractivity contribution in [3.8, 4) is 6.07 Å². The van der Waals surface area contributed by atoms with Gasteiger partial charge in [0.15, 0.2) is 0 Å². The van der Waals surface area contributed by atoms with E-state index in [0.29, 0.717) is 19.6 Å². The molecule has 4 rings (SSSR count). The van der Waals surface area contributed by atoms with Crippen LogP contribution < -0.4 is 5.32 Å². The number of aliphatic carboxylic acids is 2. The van der Waals surface area contributed by atoms with E-state index in [4.69, 9.17) is 37.8 Å². The molecule has 7 nitrogen and oxygen atoms in total. The van der Waals surface area contributed by atoms with Crippen molar-refractivity contribution in [2.75, 3.05) is 13.2 Å². The van der Waals surface area contributed by atoms with Crippen molar-refractivity contribution >= 4 is 35.1 Å². The Bertz CT molecular complexity index is 1300. The summed E-state index contributed by atoms with van der Waals surface area (Å²) in [5.41, 5.74) is -1.79. The molecule has 0 aromatic heterocycles. The summed E-state index contributed by atoms with van der Waals surface area (Å²) < 4.78 is 67.7. The summed E-state index contributed by atoms with van der Waals surface area (Å²) in [6.45, 7) is 1.11. The monoisotopic (exact) mass is 608 g/mol. The summed E-state index contributed by atoms with van der Waals surface area (Å²) in [7, 11) is 0. The number of rotatable bonds is 5. The van der Waals surface area contributed by atoms with Crippen LogP contribution >= 0.6 is 23.2 Å². The van der Waals surface area contributed by atoms with E-state index in [1.54, 1.807) is 0 Å². The SMILES string of the molecule is N#CC1(c2ccc(Cl)cc2F)C(CC2CCOCC2)NC(C(=O)O)C1c1cccc(Cl)c1F.O=C(O)C(F)(F)F. The van der Waals surface area contributed by atoms with E-state index in [-0.39, 0.29) is 27.1 Å². The van der Waals surface area contributed by atoms with Crippen LogP contribution in [0.15, 0.2) is 36.4 Å². The van der Waals surface area contributed by atoms with Crippen molar-refractivity contribution < 1.29 is 46.5 Å². The fourth-order valence-corrected chi connectivity index (χ4v) is 5.62. The minimum absolute atomic E-state index is 0.0212. The molecule has 216 valence electrons. The van der Waals surface area contributed by atoms with Crippen LogP contribution in [-0.4, -0.2) is 53.6 Å². The molecule has 3 N–H and O–H groups in total. The molecule has 40 heavy (non-hydrogen) atoms. The Balaban J connectivity index is 0.000000559. The first-order chi connectivity index (χ1) is 18.7. The number of halogens is 7. The van der Waals surface area contributed by atoms with Crippen LogP contribution in [0.2, 0.25) is 10.0 Å². The molecular formula is C26H23Cl2F5N2O5. The minimum atomic E-state index is -5.08. The van der Waals surface area contributed by atoms with Gasteiger partial charge in [-0.15, -0.1) is 0 Å². The Hall–Kier alpha value is -2.98. The number of nitrogens with zero attached hydrogens (tertiary/aromatic N) is 1. The highest BCUT2D eigenvalue weighted by atomic mass is 35.5. The Kier molecular flexibility index (Phi) is 10.0. The molecule has 2 aromatic rings. The minimum Gasteiger partial charge on any atom is -0.480 e. The van der Waals surface area contributed by atoms with E-state index < -0.39 is 53.2 Å². The average molecular weight is 609 g/mol. The van der Waals surface area contributed by atoms with Gasteiger partial charge in [0.25, 0.3) is 0 Å². The summed E-state index contributed by atoms with van der Waals surface area (Å²) in [5.74, 6) is -6.69. The molecular weight excluding hydrogens is 586 g/mol. The molecule has 14 heteroatoms. The first-order valence-corrected chi connectivity index (χ1v) is 12.7. The number of carbonyl (C=O) groups is 2. The topological polar surface area (TPSA) is 120 Å². The van der Waals surface area contributed by atoms with Gasteiger partial charge in [-0.2, -0.15) is 18.4 Å². The van der Waals surface area contributed by atoms with E-state index in [1.807, 2.05) is 0 Å². The zero-order valence-electron chi connectivity index (χ0n) is 20.5. The fraction of sp³-hybridized carbons (Fsp3) is 0.423. The molecule has 0 aliphatic carbocycles. The zero-order chi connectivity index (χ0) is 29.8. The molecule has 2 aliphatic heterocycles. The van der Waals surface area contributed by atoms with Gasteiger partial charge in [0.05, 0.1) is 11.1 Å². The van der Waals surface area contributed by atoms with Crippen molar-refractivity contribution in [1.29, 1.82) is 5.26 Å². The lowest BCUT2D eigenvalue weighted by Crippen LogP contribution is -2.44. The second kappa shape index (κ2) is 12.7. The van der Waals surface area contributed by atoms with Gasteiger partial charge in [0.2, 0.25) is 0 Å². The van der Waals surface area contributed by atoms with E-state index in [1.165, 1.54) is 30.3 Å². The van der Waals surface area contributed by atoms with Crippen molar-refractivity contribution in [3.63, 3.8) is 0 Å². The third-order valence-corrected chi connectivity index (χ3v) is 7.58. The first-order valence-electron chi connectivity index (χ1n) is 11.9. The molecule has 2 heterocycles. The number of alkyl halides is 3. The lowest BCUT2D eigenvalue weighted by atomic mass is 9.63. The molecule has 2 aromatic carbocycles. The van der Waals surface area contributed by atoms with Gasteiger partial charge in [0.1, 0.15) is 23.1 Å². The van der Waals surface area contributed by atoms with Gasteiger partial charge in [-0.05, 0) is 48.9 Å². The number of nitrogens with one attached hydrogen (secondary N) is 1. The van der Waals surface area contributed by atoms with Gasteiger partial charge < -0.3 is 14.9 Å². The van der Waals surface area contributed by atoms with E-state index in [9.17, 15) is 28.3 Å². The average Bonchev–Trinajstić information content (AvgIpc) is 3.20. The molecule has 0 saturated carbocycles. The number of hydrogen-bond donors (Lipinski definition) is 3. The van der Waals surface area contributed by atoms with Crippen LogP contribution in [0.1, 0.15) is 36.3 Å². The lowest BCUT2D eigenvalue weighted by Gasteiger charge is -2.37. The van der Waals surface area contributed by atoms with E-state index in [2.05, 4.69) is 11.4 Å². The third kappa shape index (κ3) is 6.49. The van der Waals surface area contributed by atoms with Crippen molar-refractivity contribution in [3.05, 3.63) is 69.2 Å². The molecule has 4 atom stereocenters. The number of nitriles is 1. The normalized spacial score (nSPS) is 25.0. The molecule has 0 spiro atoms. The van der Waals surface area contributed by atoms with Crippen LogP contribution in [0.4, 0.5) is 22.0 Å². The predicted molar refractivity (Wildman–Crippen MR) is 133 cm³/mol. The van der Waals surface area contributed by atoms with Crippen molar-refractivity contribution in [2.45, 2.75) is 48.9 Å². The van der Waals surface area contributed by atoms with Crippen LogP contribution in [0.5, 0.6) is 0 Å². The molecule has 0 amide bonds. The summed E-state index contributed by atoms with van der Waals surface area (Å²) in [6, 6.07) is 8.29. The predicted octanol–water partition coefficient (Wildman–Crippen LogP) is 5.69. The Morgan fingerprint density at radius 2 is 1.75 bits per heavy atom. The zero-order valence-corrected chi connectivity index (χ0v) is 22.0. The van der Waals surface area contributed by atoms with E-state index in [0.717, 1.165) is 18.9 Å². The Morgan fingerprint density at radius 1 is 1.12 bits per heavy atom. The van der Waals surface area contributed by atoms with Gasteiger partial charge in [-0.3, -0.25) is 10.1 Å². The molecule has 0 radical (unpaired) electrons. The molecule has 2 saturated heterocycles. The second-order valence-corrected chi connectivity index (χ2v) is 10.2. The number of carboxylic acids is 2. The van der Waals surface area contributed by atoms with Gasteiger partial charge in [-0.25, -0.2) is 13.6 Å². The third-order valence-electron chi connectivity index (χ3n) is 7.05. The van der Waals surface area contributed by atoms with Gasteiger partial charge >= 0.3 is 18.1 Å². The standard InChI is InChI=1S/C24H22Cl2F2N2O3.C2HF3O2/c25-14-4-5-16(18(27)11-14)24(12-29)19(10-13-6-8-33-9-7-13)30-22(23(31)32)20(24)15-2-1-3-17(26)21(15)28;3-2(4,5)1(6)7/h1-5,11,13,19-20,22,30H,6-10H2,(H,31,32);(H,6,7). The maximum atomic E-state index is 15.3. The Labute approximate surface area is 235 Å².